The first-order valence-electron chi connectivity index (χ1n) is 8.29. The summed E-state index contributed by atoms with van der Waals surface area (Å²) >= 11 is 0. The van der Waals surface area contributed by atoms with Gasteiger partial charge in [0.15, 0.2) is 0 Å². The van der Waals surface area contributed by atoms with Crippen LogP contribution in [0.3, 0.4) is 0 Å². The number of hydrogen-bond donors (Lipinski definition) is 0. The van der Waals surface area contributed by atoms with Crippen molar-refractivity contribution in [3.05, 3.63) is 95.3 Å². The molecule has 3 aromatic rings. The first-order valence-corrected chi connectivity index (χ1v) is 10.2. The van der Waals surface area contributed by atoms with Crippen molar-refractivity contribution in [1.82, 2.24) is 4.98 Å². The fourth-order valence-corrected chi connectivity index (χ4v) is 3.51. The van der Waals surface area contributed by atoms with Crippen LogP contribution in [0.2, 0.25) is 0 Å². The second-order valence-corrected chi connectivity index (χ2v) is 8.35. The lowest BCUT2D eigenvalue weighted by Gasteiger charge is -2.04. The molecule has 5 heteroatoms. The Kier molecular flexibility index (Phi) is 5.49. The quantitative estimate of drug-likeness (QED) is 0.635. The molecule has 0 saturated heterocycles. The van der Waals surface area contributed by atoms with Crippen molar-refractivity contribution in [3.8, 4) is 11.8 Å². The monoisotopic (exact) mass is 374 g/mol. The first kappa shape index (κ1) is 18.6. The molecule has 3 rings (SSSR count). The van der Waals surface area contributed by atoms with E-state index >= 15 is 0 Å². The Morgan fingerprint density at radius 3 is 2.33 bits per heavy atom. The van der Waals surface area contributed by atoms with Crippen molar-refractivity contribution < 1.29 is 9.00 Å². The van der Waals surface area contributed by atoms with Crippen molar-refractivity contribution in [3.63, 3.8) is 0 Å². The zero-order valence-electron chi connectivity index (χ0n) is 15.0. The van der Waals surface area contributed by atoms with E-state index in [1.54, 1.807) is 24.4 Å². The number of benzene rings is 2. The molecule has 1 atom stereocenters. The van der Waals surface area contributed by atoms with Crippen LogP contribution in [0.4, 0.5) is 0 Å². The molecule has 1 heterocycles. The number of amides is 1. The number of aromatic nitrogens is 1. The molecule has 0 aliphatic rings. The molecule has 0 N–H and O–H groups in total. The van der Waals surface area contributed by atoms with Gasteiger partial charge >= 0.3 is 0 Å². The Bertz CT molecular complexity index is 1150. The SMILES string of the molecule is Cc1ccc([S@@](C)(=O)=NC(=O)c2cncc(C#Cc3ccccc3)c2)cc1. The fraction of sp³-hybridized carbons (Fsp3) is 0.0909. The van der Waals surface area contributed by atoms with Crippen LogP contribution in [0.15, 0.2) is 82.3 Å². The van der Waals surface area contributed by atoms with E-state index in [2.05, 4.69) is 21.2 Å². The Labute approximate surface area is 159 Å². The smallest absolute Gasteiger partial charge is 0.266 e. The number of carbonyl (C=O) groups excluding carboxylic acids is 1. The lowest BCUT2D eigenvalue weighted by Crippen LogP contribution is -2.04. The Morgan fingerprint density at radius 1 is 0.963 bits per heavy atom. The van der Waals surface area contributed by atoms with Gasteiger partial charge in [-0.1, -0.05) is 47.7 Å². The third-order valence-electron chi connectivity index (χ3n) is 3.83. The maximum atomic E-state index is 12.8. The normalized spacial score (nSPS) is 12.4. The van der Waals surface area contributed by atoms with Gasteiger partial charge in [0.1, 0.15) is 0 Å². The van der Waals surface area contributed by atoms with Crippen LogP contribution in [0.25, 0.3) is 0 Å². The van der Waals surface area contributed by atoms with Crippen molar-refractivity contribution in [2.45, 2.75) is 11.8 Å². The van der Waals surface area contributed by atoms with Gasteiger partial charge in [-0.3, -0.25) is 9.78 Å². The third kappa shape index (κ3) is 4.90. The summed E-state index contributed by atoms with van der Waals surface area (Å²) in [7, 11) is -2.83. The second-order valence-electron chi connectivity index (χ2n) is 6.09. The van der Waals surface area contributed by atoms with Gasteiger partial charge in [0.2, 0.25) is 0 Å². The van der Waals surface area contributed by atoms with Gasteiger partial charge in [-0.2, -0.15) is 4.36 Å². The molecule has 0 aliphatic heterocycles. The van der Waals surface area contributed by atoms with E-state index in [9.17, 15) is 9.00 Å². The highest BCUT2D eigenvalue weighted by molar-refractivity contribution is 7.93. The minimum Gasteiger partial charge on any atom is -0.266 e. The zero-order chi connectivity index (χ0) is 19.3. The molecule has 2 aromatic carbocycles. The van der Waals surface area contributed by atoms with Crippen molar-refractivity contribution in [2.24, 2.45) is 4.36 Å². The summed E-state index contributed by atoms with van der Waals surface area (Å²) in [6.07, 6.45) is 4.45. The summed E-state index contributed by atoms with van der Waals surface area (Å²) in [6.45, 7) is 1.94. The molecule has 27 heavy (non-hydrogen) atoms. The summed E-state index contributed by atoms with van der Waals surface area (Å²) in [5.74, 6) is 5.43. The predicted octanol–water partition coefficient (Wildman–Crippen LogP) is 4.09. The Hall–Kier alpha value is -3.23. The van der Waals surface area contributed by atoms with Crippen LogP contribution in [-0.4, -0.2) is 21.4 Å². The fourth-order valence-electron chi connectivity index (χ4n) is 2.35. The van der Waals surface area contributed by atoms with E-state index in [-0.39, 0.29) is 5.56 Å². The van der Waals surface area contributed by atoms with Gasteiger partial charge in [-0.05, 0) is 37.3 Å². The molecule has 0 fully saturated rings. The largest absolute Gasteiger partial charge is 0.286 e. The summed E-state index contributed by atoms with van der Waals surface area (Å²) < 4.78 is 16.8. The van der Waals surface area contributed by atoms with E-state index in [4.69, 9.17) is 0 Å². The topological polar surface area (TPSA) is 59.4 Å². The summed E-state index contributed by atoms with van der Waals surface area (Å²) in [5, 5.41) is 0. The van der Waals surface area contributed by atoms with Gasteiger partial charge < -0.3 is 0 Å². The number of rotatable bonds is 2. The maximum Gasteiger partial charge on any atom is 0.286 e. The van der Waals surface area contributed by atoms with E-state index in [0.717, 1.165) is 11.1 Å². The second kappa shape index (κ2) is 7.98. The summed E-state index contributed by atoms with van der Waals surface area (Å²) in [4.78, 5) is 17.1. The number of carbonyl (C=O) groups is 1. The molecule has 134 valence electrons. The molecule has 0 bridgehead atoms. The molecule has 1 aromatic heterocycles. The zero-order valence-corrected chi connectivity index (χ0v) is 15.9. The van der Waals surface area contributed by atoms with Crippen LogP contribution in [-0.2, 0) is 9.73 Å². The van der Waals surface area contributed by atoms with Gasteiger partial charge in [0.05, 0.1) is 15.3 Å². The maximum absolute atomic E-state index is 12.8. The Balaban J connectivity index is 1.88. The van der Waals surface area contributed by atoms with Crippen molar-refractivity contribution in [1.29, 1.82) is 0 Å². The van der Waals surface area contributed by atoms with Crippen LogP contribution in [0.1, 0.15) is 27.0 Å². The van der Waals surface area contributed by atoms with E-state index in [1.165, 1.54) is 12.5 Å². The predicted molar refractivity (Wildman–Crippen MR) is 107 cm³/mol. The highest BCUT2D eigenvalue weighted by Crippen LogP contribution is 2.14. The van der Waals surface area contributed by atoms with Crippen LogP contribution >= 0.6 is 0 Å². The standard InChI is InChI=1S/C22H18N2O2S/c1-17-8-12-21(13-9-17)27(2,26)24-22(25)20-14-19(15-23-16-20)11-10-18-6-4-3-5-7-18/h3-9,12-16H,1-2H3/t27-/m1/s1. The number of nitrogens with zero attached hydrogens (tertiary/aromatic N) is 2. The van der Waals surface area contributed by atoms with E-state index in [1.807, 2.05) is 49.4 Å². The van der Waals surface area contributed by atoms with E-state index < -0.39 is 15.6 Å². The minimum absolute atomic E-state index is 0.261. The molecular weight excluding hydrogens is 356 g/mol. The van der Waals surface area contributed by atoms with E-state index in [0.29, 0.717) is 10.5 Å². The molecule has 1 amide bonds. The Morgan fingerprint density at radius 2 is 1.63 bits per heavy atom. The lowest BCUT2D eigenvalue weighted by molar-refractivity contribution is 0.100. The summed E-state index contributed by atoms with van der Waals surface area (Å²) in [5.41, 5.74) is 2.78. The highest BCUT2D eigenvalue weighted by Gasteiger charge is 2.12. The summed E-state index contributed by atoms with van der Waals surface area (Å²) in [6, 6.07) is 18.3. The molecule has 0 aliphatic carbocycles. The van der Waals surface area contributed by atoms with Crippen LogP contribution in [0, 0.1) is 18.8 Å². The lowest BCUT2D eigenvalue weighted by atomic mass is 10.2. The van der Waals surface area contributed by atoms with Crippen molar-refractivity contribution >= 4 is 15.6 Å². The van der Waals surface area contributed by atoms with Gasteiger partial charge in [0.25, 0.3) is 5.91 Å². The molecule has 0 spiro atoms. The third-order valence-corrected chi connectivity index (χ3v) is 5.49. The van der Waals surface area contributed by atoms with Crippen LogP contribution < -0.4 is 0 Å². The highest BCUT2D eigenvalue weighted by atomic mass is 32.2. The van der Waals surface area contributed by atoms with Crippen LogP contribution in [0.5, 0.6) is 0 Å². The van der Waals surface area contributed by atoms with Gasteiger partial charge in [0, 0.05) is 34.7 Å². The van der Waals surface area contributed by atoms with Gasteiger partial charge in [-0.15, -0.1) is 0 Å². The average molecular weight is 374 g/mol. The number of hydrogen-bond acceptors (Lipinski definition) is 3. The molecular formula is C22H18N2O2S. The molecule has 0 unspecified atom stereocenters. The number of aryl methyl sites for hydroxylation is 1. The molecule has 4 nitrogen and oxygen atoms in total. The minimum atomic E-state index is -2.83. The van der Waals surface area contributed by atoms with Gasteiger partial charge in [-0.25, -0.2) is 4.21 Å². The number of pyridine rings is 1. The molecule has 0 radical (unpaired) electrons. The first-order chi connectivity index (χ1) is 12.9. The van der Waals surface area contributed by atoms with Crippen molar-refractivity contribution in [2.75, 3.05) is 6.26 Å². The molecule has 0 saturated carbocycles. The average Bonchev–Trinajstić information content (AvgIpc) is 2.67.